The molecule has 12 heteroatoms. The number of phenolic OH excluding ortho intramolecular Hbond substituents is 1. The predicted molar refractivity (Wildman–Crippen MR) is 99.6 cm³/mol. The lowest BCUT2D eigenvalue weighted by Gasteiger charge is -2.52. The van der Waals surface area contributed by atoms with Gasteiger partial charge in [0.1, 0.15) is 5.75 Å². The average Bonchev–Trinajstić information content (AvgIpc) is 2.69. The molecule has 2 fully saturated rings. The molecule has 0 saturated heterocycles. The Labute approximate surface area is 183 Å². The van der Waals surface area contributed by atoms with Crippen LogP contribution in [0, 0.1) is 23.7 Å². The Morgan fingerprint density at radius 1 is 1.15 bits per heavy atom. The zero-order valence-electron chi connectivity index (χ0n) is 16.9. The molecule has 0 heterocycles. The summed E-state index contributed by atoms with van der Waals surface area (Å²) in [6.07, 6.45) is -7.97. The number of aromatic hydroxyl groups is 1. The van der Waals surface area contributed by atoms with Crippen molar-refractivity contribution in [2.24, 2.45) is 23.7 Å². The fourth-order valence-electron chi connectivity index (χ4n) is 5.50. The van der Waals surface area contributed by atoms with Gasteiger partial charge in [0.15, 0.2) is 34.7 Å². The van der Waals surface area contributed by atoms with E-state index in [1.807, 2.05) is 0 Å². The first-order valence-corrected chi connectivity index (χ1v) is 9.98. The smallest absolute Gasteiger partial charge is 0.484 e. The van der Waals surface area contributed by atoms with Gasteiger partial charge >= 0.3 is 6.30 Å². The standard InChI is InChI=1S/C21H18F3NO8/c1-6-7-3-2-4-9(26)12(7)16(29)14-11(6)15(28)8-5-10(27)13(19(32)25-21(22,23)24)17(30)20(8,33)18(14)31/h2-4,6,8,11,13-15,26,28,33H,5H2,1H3,(H,25,32)/t6-,8+,11+,13?,14?,15+,20+/m0/s1. The zero-order valence-corrected chi connectivity index (χ0v) is 16.9. The maximum Gasteiger partial charge on any atom is 0.484 e. The number of rotatable bonds is 1. The van der Waals surface area contributed by atoms with E-state index >= 15 is 0 Å². The molecule has 9 nitrogen and oxygen atoms in total. The number of phenols is 1. The molecule has 0 bridgehead atoms. The van der Waals surface area contributed by atoms with E-state index in [4.69, 9.17) is 0 Å². The maximum atomic E-state index is 13.4. The van der Waals surface area contributed by atoms with Gasteiger partial charge in [0, 0.05) is 18.3 Å². The van der Waals surface area contributed by atoms with Crippen molar-refractivity contribution in [1.29, 1.82) is 0 Å². The Hall–Kier alpha value is -3.12. The Bertz CT molecular complexity index is 1120. The Morgan fingerprint density at radius 3 is 2.39 bits per heavy atom. The van der Waals surface area contributed by atoms with E-state index in [9.17, 15) is 52.5 Å². The lowest BCUT2D eigenvalue weighted by molar-refractivity contribution is -0.192. The molecule has 4 rings (SSSR count). The van der Waals surface area contributed by atoms with Gasteiger partial charge in [-0.2, -0.15) is 13.2 Å². The molecule has 2 unspecified atom stereocenters. The zero-order chi connectivity index (χ0) is 24.6. The van der Waals surface area contributed by atoms with E-state index in [-0.39, 0.29) is 5.56 Å². The molecule has 1 aromatic carbocycles. The van der Waals surface area contributed by atoms with Crippen molar-refractivity contribution in [1.82, 2.24) is 5.32 Å². The number of benzene rings is 1. The van der Waals surface area contributed by atoms with Gasteiger partial charge < -0.3 is 15.3 Å². The lowest BCUT2D eigenvalue weighted by atomic mass is 9.50. The molecule has 1 aromatic rings. The first kappa shape index (κ1) is 23.1. The molecule has 0 radical (unpaired) electrons. The molecule has 0 aliphatic heterocycles. The molecule has 176 valence electrons. The molecule has 3 aliphatic rings. The Morgan fingerprint density at radius 2 is 1.79 bits per heavy atom. The van der Waals surface area contributed by atoms with Crippen LogP contribution in [0.2, 0.25) is 0 Å². The number of hydrogen-bond acceptors (Lipinski definition) is 8. The van der Waals surface area contributed by atoms with Crippen LogP contribution in [0.1, 0.15) is 35.2 Å². The summed E-state index contributed by atoms with van der Waals surface area (Å²) >= 11 is 0. The summed E-state index contributed by atoms with van der Waals surface area (Å²) in [6, 6.07) is 4.14. The molecule has 7 atom stereocenters. The molecular formula is C21H18F3NO8. The summed E-state index contributed by atoms with van der Waals surface area (Å²) in [5, 5.41) is 32.8. The van der Waals surface area contributed by atoms with Crippen LogP contribution in [-0.2, 0) is 19.2 Å². The highest BCUT2D eigenvalue weighted by Gasteiger charge is 2.70. The third-order valence-electron chi connectivity index (χ3n) is 6.97. The van der Waals surface area contributed by atoms with Crippen LogP contribution in [0.25, 0.3) is 0 Å². The topological polar surface area (TPSA) is 158 Å². The molecule has 2 saturated carbocycles. The van der Waals surface area contributed by atoms with Crippen LogP contribution in [-0.4, -0.2) is 62.4 Å². The first-order chi connectivity index (χ1) is 15.2. The van der Waals surface area contributed by atoms with Gasteiger partial charge in [0.2, 0.25) is 5.91 Å². The molecule has 1 amide bonds. The van der Waals surface area contributed by atoms with Gasteiger partial charge in [0.05, 0.1) is 17.6 Å². The molecule has 4 N–H and O–H groups in total. The van der Waals surface area contributed by atoms with Gasteiger partial charge in [-0.25, -0.2) is 0 Å². The largest absolute Gasteiger partial charge is 0.507 e. The second-order valence-corrected chi connectivity index (χ2v) is 8.63. The quantitative estimate of drug-likeness (QED) is 0.331. The van der Waals surface area contributed by atoms with Crippen molar-refractivity contribution in [3.63, 3.8) is 0 Å². The summed E-state index contributed by atoms with van der Waals surface area (Å²) in [4.78, 5) is 63.9. The average molecular weight is 469 g/mol. The van der Waals surface area contributed by atoms with Gasteiger partial charge in [-0.15, -0.1) is 0 Å². The number of halogens is 3. The molecule has 3 aliphatic carbocycles. The summed E-state index contributed by atoms with van der Waals surface area (Å²) < 4.78 is 37.8. The second-order valence-electron chi connectivity index (χ2n) is 8.63. The normalized spacial score (nSPS) is 36.1. The van der Waals surface area contributed by atoms with Crippen molar-refractivity contribution in [3.05, 3.63) is 29.3 Å². The van der Waals surface area contributed by atoms with Crippen molar-refractivity contribution in [2.45, 2.75) is 37.3 Å². The minimum Gasteiger partial charge on any atom is -0.507 e. The van der Waals surface area contributed by atoms with Gasteiger partial charge in [-0.1, -0.05) is 19.1 Å². The fraction of sp³-hybridized carbons (Fsp3) is 0.476. The minimum absolute atomic E-state index is 0.237. The number of carbonyl (C=O) groups is 5. The van der Waals surface area contributed by atoms with E-state index in [1.165, 1.54) is 18.2 Å². The van der Waals surface area contributed by atoms with Crippen LogP contribution >= 0.6 is 0 Å². The number of aliphatic hydroxyl groups is 2. The third kappa shape index (κ3) is 3.11. The van der Waals surface area contributed by atoms with Crippen molar-refractivity contribution >= 4 is 29.0 Å². The van der Waals surface area contributed by atoms with Crippen molar-refractivity contribution < 1.29 is 52.5 Å². The SMILES string of the molecule is C[C@H]1c2cccc(O)c2C(=O)C2C(=O)[C@]3(O)C(=O)C(C(=O)NC(F)(F)F)C(=O)C[C@@H]3[C@@H](O)[C@@H]21. The van der Waals surface area contributed by atoms with Crippen molar-refractivity contribution in [3.8, 4) is 5.75 Å². The number of Topliss-reactive ketones (excluding diaryl/α,β-unsaturated/α-hetero) is 4. The van der Waals surface area contributed by atoms with Crippen LogP contribution in [0.3, 0.4) is 0 Å². The third-order valence-corrected chi connectivity index (χ3v) is 6.97. The number of ketones is 4. The highest BCUT2D eigenvalue weighted by molar-refractivity contribution is 6.31. The van der Waals surface area contributed by atoms with Gasteiger partial charge in [0.25, 0.3) is 0 Å². The number of amides is 1. The highest BCUT2D eigenvalue weighted by atomic mass is 19.4. The van der Waals surface area contributed by atoms with E-state index < -0.39 is 88.8 Å². The summed E-state index contributed by atoms with van der Waals surface area (Å²) in [5.41, 5.74) is -3.16. The number of alkyl halides is 3. The van der Waals surface area contributed by atoms with Gasteiger partial charge in [-0.3, -0.25) is 29.3 Å². The summed E-state index contributed by atoms with van der Waals surface area (Å²) in [7, 11) is 0. The predicted octanol–water partition coefficient (Wildman–Crippen LogP) is 0.00940. The summed E-state index contributed by atoms with van der Waals surface area (Å²) in [6.45, 7) is 1.55. The van der Waals surface area contributed by atoms with E-state index in [1.54, 1.807) is 6.92 Å². The van der Waals surface area contributed by atoms with Gasteiger partial charge in [-0.05, 0) is 17.5 Å². The second kappa shape index (κ2) is 7.19. The summed E-state index contributed by atoms with van der Waals surface area (Å²) in [5.74, 6) is -16.2. The van der Waals surface area contributed by atoms with Crippen LogP contribution < -0.4 is 5.32 Å². The highest BCUT2D eigenvalue weighted by Crippen LogP contribution is 2.53. The first-order valence-electron chi connectivity index (χ1n) is 9.98. The Balaban J connectivity index is 1.81. The van der Waals surface area contributed by atoms with E-state index in [0.717, 1.165) is 0 Å². The van der Waals surface area contributed by atoms with Crippen LogP contribution in [0.15, 0.2) is 18.2 Å². The molecule has 0 spiro atoms. The number of carbonyl (C=O) groups excluding carboxylic acids is 5. The van der Waals surface area contributed by atoms with Crippen LogP contribution in [0.4, 0.5) is 13.2 Å². The fourth-order valence-corrected chi connectivity index (χ4v) is 5.50. The van der Waals surface area contributed by atoms with E-state index in [0.29, 0.717) is 10.9 Å². The van der Waals surface area contributed by atoms with Crippen molar-refractivity contribution in [2.75, 3.05) is 0 Å². The molecule has 33 heavy (non-hydrogen) atoms. The number of hydrogen-bond donors (Lipinski definition) is 4. The molecular weight excluding hydrogens is 451 g/mol. The lowest BCUT2D eigenvalue weighted by Crippen LogP contribution is -2.72. The Kier molecular flexibility index (Phi) is 5.02. The number of nitrogens with one attached hydrogen (secondary N) is 1. The minimum atomic E-state index is -5.28. The van der Waals surface area contributed by atoms with Crippen LogP contribution in [0.5, 0.6) is 5.75 Å². The van der Waals surface area contributed by atoms with E-state index in [2.05, 4.69) is 0 Å². The maximum absolute atomic E-state index is 13.4. The number of fused-ring (bicyclic) bond motifs is 3. The number of aliphatic hydroxyl groups excluding tert-OH is 1. The molecule has 0 aromatic heterocycles. The monoisotopic (exact) mass is 469 g/mol.